The van der Waals surface area contributed by atoms with Gasteiger partial charge in [-0.1, -0.05) is 50.6 Å². The number of benzene rings is 1. The van der Waals surface area contributed by atoms with Gasteiger partial charge >= 0.3 is 5.97 Å². The first-order chi connectivity index (χ1) is 27.8. The fourth-order valence-corrected chi connectivity index (χ4v) is 5.58. The number of nitrogens with two attached hydrogens (primary N) is 2. The van der Waals surface area contributed by atoms with E-state index in [9.17, 15) is 58.8 Å². The predicted octanol–water partition coefficient (Wildman–Crippen LogP) is -4.42. The van der Waals surface area contributed by atoms with Gasteiger partial charge in [-0.2, -0.15) is 0 Å². The number of H-pyrrole nitrogens is 1. The molecule has 2 aromatic rings. The second-order valence-electron chi connectivity index (χ2n) is 14.1. The molecule has 59 heavy (non-hydrogen) atoms. The highest BCUT2D eigenvalue weighted by Crippen LogP contribution is 2.13. The minimum absolute atomic E-state index is 0.122. The Kier molecular flexibility index (Phi) is 20.1. The predicted molar refractivity (Wildman–Crippen MR) is 208 cm³/mol. The van der Waals surface area contributed by atoms with Crippen LogP contribution in [0.3, 0.4) is 0 Å². The zero-order valence-corrected chi connectivity index (χ0v) is 33.2. The third-order valence-electron chi connectivity index (χ3n) is 9.28. The van der Waals surface area contributed by atoms with Crippen LogP contribution < -0.4 is 43.4 Å². The lowest BCUT2D eigenvalue weighted by atomic mass is 9.96. The average Bonchev–Trinajstić information content (AvgIpc) is 3.71. The summed E-state index contributed by atoms with van der Waals surface area (Å²) in [7, 11) is 0. The summed E-state index contributed by atoms with van der Waals surface area (Å²) in [5.74, 6) is -8.65. The Balaban J connectivity index is 2.46. The molecule has 1 heterocycles. The first kappa shape index (κ1) is 49.2. The van der Waals surface area contributed by atoms with Crippen LogP contribution in [0, 0.1) is 5.92 Å². The highest BCUT2D eigenvalue weighted by molar-refractivity contribution is 5.97. The zero-order valence-electron chi connectivity index (χ0n) is 33.2. The molecule has 0 bridgehead atoms. The van der Waals surface area contributed by atoms with Gasteiger partial charge in [-0.15, -0.1) is 0 Å². The SMILES string of the molecule is CC[C@H](C)[C@H](NC(=O)[C@H](Cc1ccccc1)NC(=O)[C@H](Cc1cnc[nH]1)NC(=O)[C@@H](NC(=O)[C@@H](N)CO)[C@@H](C)O)C(=O)N[C@@H](CCC(N)=O)C(=O)N[C@H](C(=O)O)[C@@H](C)O. The van der Waals surface area contributed by atoms with Crippen LogP contribution in [0.2, 0.25) is 0 Å². The summed E-state index contributed by atoms with van der Waals surface area (Å²) in [6.07, 6.45) is -1.08. The van der Waals surface area contributed by atoms with E-state index in [4.69, 9.17) is 11.5 Å². The van der Waals surface area contributed by atoms with Crippen molar-refractivity contribution in [1.29, 1.82) is 0 Å². The lowest BCUT2D eigenvalue weighted by Crippen LogP contribution is -2.62. The molecule has 15 N–H and O–H groups in total. The molecule has 0 unspecified atom stereocenters. The number of hydrogen-bond donors (Lipinski definition) is 13. The fourth-order valence-electron chi connectivity index (χ4n) is 5.58. The maximum absolute atomic E-state index is 14.2. The highest BCUT2D eigenvalue weighted by Gasteiger charge is 2.36. The standard InChI is InChI=1S/C37H56N10O12/c1-5-18(2)28(35(56)42-24(11-12-27(39)51)32(53)47-30(20(4)50)37(58)59)45-34(55)25(13-21-9-7-6-8-10-21)43-33(54)26(14-22-15-40-17-41-22)44-36(57)29(19(3)49)46-31(52)23(38)16-48/h6-10,15,17-20,23-26,28-30,48-50H,5,11-14,16,38H2,1-4H3,(H2,39,51)(H,40,41)(H,42,56)(H,43,54)(H,44,57)(H,45,55)(H,46,52)(H,47,53)(H,58,59)/t18-,19+,20+,23-,24-,25-,26-,28-,29-,30-/m0/s1. The van der Waals surface area contributed by atoms with Crippen LogP contribution in [0.1, 0.15) is 58.2 Å². The number of carboxylic acid groups (broad SMARTS) is 1. The molecule has 326 valence electrons. The first-order valence-corrected chi connectivity index (χ1v) is 18.9. The van der Waals surface area contributed by atoms with Gasteiger partial charge in [0.2, 0.25) is 41.4 Å². The summed E-state index contributed by atoms with van der Waals surface area (Å²) in [5, 5.41) is 53.5. The molecule has 0 aliphatic rings. The Labute approximate surface area is 340 Å². The Morgan fingerprint density at radius 2 is 1.22 bits per heavy atom. The minimum Gasteiger partial charge on any atom is -0.480 e. The maximum Gasteiger partial charge on any atom is 0.328 e. The summed E-state index contributed by atoms with van der Waals surface area (Å²) in [6, 6.07) is -2.05. The number of carboxylic acids is 1. The number of nitrogens with one attached hydrogen (secondary N) is 7. The normalized spacial score (nSPS) is 16.2. The molecule has 22 heteroatoms. The van der Waals surface area contributed by atoms with Crippen molar-refractivity contribution in [1.82, 2.24) is 41.9 Å². The molecule has 10 atom stereocenters. The molecule has 1 aromatic carbocycles. The number of aliphatic hydroxyl groups excluding tert-OH is 3. The van der Waals surface area contributed by atoms with E-state index in [1.807, 2.05) is 0 Å². The fraction of sp³-hybridized carbons (Fsp3) is 0.541. The van der Waals surface area contributed by atoms with E-state index in [0.717, 1.165) is 6.92 Å². The molecule has 0 fully saturated rings. The van der Waals surface area contributed by atoms with Crippen molar-refractivity contribution in [3.8, 4) is 0 Å². The van der Waals surface area contributed by atoms with Crippen molar-refractivity contribution in [2.24, 2.45) is 17.4 Å². The van der Waals surface area contributed by atoms with E-state index in [0.29, 0.717) is 17.7 Å². The smallest absolute Gasteiger partial charge is 0.328 e. The monoisotopic (exact) mass is 832 g/mol. The molecule has 0 radical (unpaired) electrons. The number of nitrogens with zero attached hydrogens (tertiary/aromatic N) is 1. The highest BCUT2D eigenvalue weighted by atomic mass is 16.4. The molecule has 0 saturated carbocycles. The largest absolute Gasteiger partial charge is 0.480 e. The molecule has 7 amide bonds. The van der Waals surface area contributed by atoms with Gasteiger partial charge in [0.15, 0.2) is 6.04 Å². The number of hydrogen-bond acceptors (Lipinski definition) is 13. The summed E-state index contributed by atoms with van der Waals surface area (Å²) < 4.78 is 0. The Morgan fingerprint density at radius 1 is 0.712 bits per heavy atom. The van der Waals surface area contributed by atoms with Gasteiger partial charge in [0.25, 0.3) is 0 Å². The van der Waals surface area contributed by atoms with Crippen LogP contribution in [-0.4, -0.2) is 139 Å². The Hall–Kier alpha value is -5.97. The van der Waals surface area contributed by atoms with E-state index in [2.05, 4.69) is 41.9 Å². The molecular formula is C37H56N10O12. The van der Waals surface area contributed by atoms with Crippen molar-refractivity contribution < 1.29 is 58.8 Å². The van der Waals surface area contributed by atoms with Gasteiger partial charge in [0.1, 0.15) is 36.3 Å². The molecule has 1 aromatic heterocycles. The van der Waals surface area contributed by atoms with Crippen LogP contribution >= 0.6 is 0 Å². The summed E-state index contributed by atoms with van der Waals surface area (Å²) >= 11 is 0. The van der Waals surface area contributed by atoms with E-state index in [1.165, 1.54) is 19.4 Å². The lowest BCUT2D eigenvalue weighted by molar-refractivity contribution is -0.145. The average molecular weight is 833 g/mol. The van der Waals surface area contributed by atoms with Gasteiger partial charge in [0, 0.05) is 31.2 Å². The number of amides is 7. The Bertz CT molecular complexity index is 1730. The Morgan fingerprint density at radius 3 is 1.75 bits per heavy atom. The second-order valence-corrected chi connectivity index (χ2v) is 14.1. The first-order valence-electron chi connectivity index (χ1n) is 18.9. The number of carbonyl (C=O) groups excluding carboxylic acids is 7. The zero-order chi connectivity index (χ0) is 44.4. The van der Waals surface area contributed by atoms with E-state index < -0.39 is 121 Å². The van der Waals surface area contributed by atoms with Crippen LogP contribution in [0.5, 0.6) is 0 Å². The maximum atomic E-state index is 14.2. The van der Waals surface area contributed by atoms with Gasteiger partial charge in [0.05, 0.1) is 25.1 Å². The molecule has 22 nitrogen and oxygen atoms in total. The van der Waals surface area contributed by atoms with Crippen molar-refractivity contribution in [3.05, 3.63) is 54.1 Å². The summed E-state index contributed by atoms with van der Waals surface area (Å²) in [6.45, 7) is 4.93. The number of aliphatic carboxylic acids is 1. The van der Waals surface area contributed by atoms with Crippen LogP contribution in [0.15, 0.2) is 42.9 Å². The van der Waals surface area contributed by atoms with E-state index in [1.54, 1.807) is 44.2 Å². The van der Waals surface area contributed by atoms with Crippen molar-refractivity contribution in [3.63, 3.8) is 0 Å². The minimum atomic E-state index is -1.76. The quantitative estimate of drug-likeness (QED) is 0.0449. The van der Waals surface area contributed by atoms with Crippen molar-refractivity contribution in [2.45, 2.75) is 114 Å². The summed E-state index contributed by atoms with van der Waals surface area (Å²) in [5.41, 5.74) is 11.8. The number of aliphatic hydroxyl groups is 3. The van der Waals surface area contributed by atoms with Gasteiger partial charge in [-0.3, -0.25) is 33.6 Å². The molecule has 0 aliphatic carbocycles. The number of carbonyl (C=O) groups is 8. The second kappa shape index (κ2) is 24.1. The van der Waals surface area contributed by atoms with Crippen LogP contribution in [0.25, 0.3) is 0 Å². The van der Waals surface area contributed by atoms with Crippen molar-refractivity contribution >= 4 is 47.3 Å². The van der Waals surface area contributed by atoms with Crippen LogP contribution in [-0.2, 0) is 51.2 Å². The number of imidazole rings is 1. The van der Waals surface area contributed by atoms with Gasteiger partial charge < -0.3 is 68.8 Å². The number of primary amides is 1. The lowest BCUT2D eigenvalue weighted by Gasteiger charge is -2.30. The van der Waals surface area contributed by atoms with Crippen LogP contribution in [0.4, 0.5) is 0 Å². The number of aromatic amines is 1. The van der Waals surface area contributed by atoms with Gasteiger partial charge in [-0.05, 0) is 31.7 Å². The van der Waals surface area contributed by atoms with Gasteiger partial charge in [-0.25, -0.2) is 9.78 Å². The number of rotatable bonds is 25. The third-order valence-corrected chi connectivity index (χ3v) is 9.28. The third kappa shape index (κ3) is 16.1. The summed E-state index contributed by atoms with van der Waals surface area (Å²) in [4.78, 5) is 111. The van der Waals surface area contributed by atoms with E-state index >= 15 is 0 Å². The molecule has 0 saturated heterocycles. The molecule has 0 spiro atoms. The number of aromatic nitrogens is 2. The topological polar surface area (TPSA) is 370 Å². The molecule has 2 rings (SSSR count). The molecule has 0 aliphatic heterocycles. The van der Waals surface area contributed by atoms with Crippen molar-refractivity contribution in [2.75, 3.05) is 6.61 Å². The van der Waals surface area contributed by atoms with E-state index in [-0.39, 0.29) is 19.3 Å². The molecular weight excluding hydrogens is 776 g/mol.